The highest BCUT2D eigenvalue weighted by atomic mass is 16.5. The average molecular weight is 249 g/mol. The summed E-state index contributed by atoms with van der Waals surface area (Å²) in [5.74, 6) is 0. The minimum absolute atomic E-state index is 0.310. The van der Waals surface area contributed by atoms with Gasteiger partial charge in [-0.1, -0.05) is 36.8 Å². The summed E-state index contributed by atoms with van der Waals surface area (Å²) in [5, 5.41) is 3.62. The third-order valence-corrected chi connectivity index (χ3v) is 3.30. The molecule has 0 spiro atoms. The van der Waals surface area contributed by atoms with Crippen molar-refractivity contribution in [3.8, 4) is 0 Å². The molecule has 0 saturated heterocycles. The summed E-state index contributed by atoms with van der Waals surface area (Å²) in [4.78, 5) is 0. The van der Waals surface area contributed by atoms with Gasteiger partial charge >= 0.3 is 0 Å². The molecular weight excluding hydrogens is 222 g/mol. The molecule has 1 aromatic carbocycles. The van der Waals surface area contributed by atoms with E-state index in [-0.39, 0.29) is 0 Å². The maximum Gasteiger partial charge on any atom is 0.0558 e. The number of ether oxygens (including phenoxy) is 1. The van der Waals surface area contributed by atoms with Gasteiger partial charge in [-0.15, -0.1) is 0 Å². The summed E-state index contributed by atoms with van der Waals surface area (Å²) in [5.41, 5.74) is 2.72. The second-order valence-corrected chi connectivity index (χ2v) is 5.12. The molecule has 0 fully saturated rings. The predicted molar refractivity (Wildman–Crippen MR) is 78.1 cm³/mol. The lowest BCUT2D eigenvalue weighted by Crippen LogP contribution is -2.35. The molecular formula is C16H27NO. The molecule has 1 N–H and O–H groups in total. The Morgan fingerprint density at radius 3 is 2.44 bits per heavy atom. The molecule has 2 heteroatoms. The van der Waals surface area contributed by atoms with Gasteiger partial charge in [0, 0.05) is 13.2 Å². The van der Waals surface area contributed by atoms with E-state index in [9.17, 15) is 0 Å². The van der Waals surface area contributed by atoms with Crippen LogP contribution in [0.15, 0.2) is 24.3 Å². The van der Waals surface area contributed by atoms with Gasteiger partial charge in [0.25, 0.3) is 0 Å². The van der Waals surface area contributed by atoms with Gasteiger partial charge in [-0.05, 0) is 45.2 Å². The molecule has 2 unspecified atom stereocenters. The number of hydrogen-bond acceptors (Lipinski definition) is 2. The number of aryl methyl sites for hydroxylation is 1. The fourth-order valence-electron chi connectivity index (χ4n) is 2.09. The van der Waals surface area contributed by atoms with Crippen LogP contribution in [-0.2, 0) is 11.2 Å². The molecule has 1 aromatic rings. The number of nitrogens with one attached hydrogen (secondary N) is 1. The van der Waals surface area contributed by atoms with Crippen molar-refractivity contribution in [2.75, 3.05) is 13.7 Å². The molecule has 102 valence electrons. The van der Waals surface area contributed by atoms with E-state index in [0.717, 1.165) is 19.4 Å². The second kappa shape index (κ2) is 8.28. The Morgan fingerprint density at radius 1 is 1.22 bits per heavy atom. The number of benzene rings is 1. The molecule has 0 bridgehead atoms. The largest absolute Gasteiger partial charge is 0.382 e. The minimum atomic E-state index is 0.310. The quantitative estimate of drug-likeness (QED) is 0.763. The van der Waals surface area contributed by atoms with Gasteiger partial charge in [0.2, 0.25) is 0 Å². The van der Waals surface area contributed by atoms with Crippen LogP contribution in [0.2, 0.25) is 0 Å². The third kappa shape index (κ3) is 5.65. The SMILES string of the molecule is CCCNC(Cc1ccc(C)cc1)CC(C)OC. The molecule has 2 nitrogen and oxygen atoms in total. The Balaban J connectivity index is 2.56. The Labute approximate surface area is 112 Å². The van der Waals surface area contributed by atoms with Crippen LogP contribution >= 0.6 is 0 Å². The van der Waals surface area contributed by atoms with Crippen LogP contribution in [0.4, 0.5) is 0 Å². The summed E-state index contributed by atoms with van der Waals surface area (Å²) in [7, 11) is 1.79. The first-order chi connectivity index (χ1) is 8.65. The van der Waals surface area contributed by atoms with E-state index in [0.29, 0.717) is 12.1 Å². The first kappa shape index (κ1) is 15.2. The molecule has 0 amide bonds. The minimum Gasteiger partial charge on any atom is -0.382 e. The highest BCUT2D eigenvalue weighted by molar-refractivity contribution is 5.22. The van der Waals surface area contributed by atoms with Crippen molar-refractivity contribution in [3.63, 3.8) is 0 Å². The van der Waals surface area contributed by atoms with E-state index in [4.69, 9.17) is 4.74 Å². The zero-order chi connectivity index (χ0) is 13.4. The van der Waals surface area contributed by atoms with Crippen molar-refractivity contribution in [2.45, 2.75) is 52.2 Å². The van der Waals surface area contributed by atoms with Gasteiger partial charge in [0.05, 0.1) is 6.10 Å². The molecule has 0 aliphatic rings. The van der Waals surface area contributed by atoms with Crippen molar-refractivity contribution in [1.29, 1.82) is 0 Å². The molecule has 0 aliphatic heterocycles. The fourth-order valence-corrected chi connectivity index (χ4v) is 2.09. The maximum absolute atomic E-state index is 5.38. The zero-order valence-corrected chi connectivity index (χ0v) is 12.2. The average Bonchev–Trinajstić information content (AvgIpc) is 2.38. The third-order valence-electron chi connectivity index (χ3n) is 3.30. The van der Waals surface area contributed by atoms with Crippen LogP contribution in [-0.4, -0.2) is 25.8 Å². The van der Waals surface area contributed by atoms with E-state index in [1.54, 1.807) is 7.11 Å². The summed E-state index contributed by atoms with van der Waals surface area (Å²) >= 11 is 0. The molecule has 0 aliphatic carbocycles. The van der Waals surface area contributed by atoms with Gasteiger partial charge in [-0.25, -0.2) is 0 Å². The predicted octanol–water partition coefficient (Wildman–Crippen LogP) is 3.33. The van der Waals surface area contributed by atoms with Crippen LogP contribution in [0.5, 0.6) is 0 Å². The summed E-state index contributed by atoms with van der Waals surface area (Å²) in [6, 6.07) is 9.33. The monoisotopic (exact) mass is 249 g/mol. The van der Waals surface area contributed by atoms with Gasteiger partial charge in [-0.3, -0.25) is 0 Å². The summed E-state index contributed by atoms with van der Waals surface area (Å²) in [6.07, 6.45) is 3.62. The van der Waals surface area contributed by atoms with Crippen molar-refractivity contribution < 1.29 is 4.74 Å². The molecule has 0 radical (unpaired) electrons. The van der Waals surface area contributed by atoms with Crippen LogP contribution in [0.3, 0.4) is 0 Å². The molecule has 0 aromatic heterocycles. The standard InChI is InChI=1S/C16H27NO/c1-5-10-17-16(11-14(3)18-4)12-15-8-6-13(2)7-9-15/h6-9,14,16-17H,5,10-12H2,1-4H3. The van der Waals surface area contributed by atoms with E-state index in [1.165, 1.54) is 17.5 Å². The maximum atomic E-state index is 5.38. The van der Waals surface area contributed by atoms with Crippen LogP contribution in [0.1, 0.15) is 37.8 Å². The second-order valence-electron chi connectivity index (χ2n) is 5.12. The van der Waals surface area contributed by atoms with Gasteiger partial charge < -0.3 is 10.1 Å². The van der Waals surface area contributed by atoms with Gasteiger partial charge in [0.15, 0.2) is 0 Å². The number of methoxy groups -OCH3 is 1. The lowest BCUT2D eigenvalue weighted by Gasteiger charge is -2.21. The van der Waals surface area contributed by atoms with Crippen LogP contribution in [0, 0.1) is 6.92 Å². The van der Waals surface area contributed by atoms with E-state index in [2.05, 4.69) is 50.4 Å². The summed E-state index contributed by atoms with van der Waals surface area (Å²) < 4.78 is 5.38. The van der Waals surface area contributed by atoms with Gasteiger partial charge in [-0.2, -0.15) is 0 Å². The highest BCUT2D eigenvalue weighted by Crippen LogP contribution is 2.10. The molecule has 0 saturated carbocycles. The Hall–Kier alpha value is -0.860. The van der Waals surface area contributed by atoms with Crippen molar-refractivity contribution in [2.24, 2.45) is 0 Å². The Kier molecular flexibility index (Phi) is 6.99. The number of hydrogen-bond donors (Lipinski definition) is 1. The van der Waals surface area contributed by atoms with Crippen LogP contribution in [0.25, 0.3) is 0 Å². The zero-order valence-electron chi connectivity index (χ0n) is 12.2. The molecule has 1 rings (SSSR count). The van der Waals surface area contributed by atoms with E-state index < -0.39 is 0 Å². The normalized spacial score (nSPS) is 14.4. The van der Waals surface area contributed by atoms with Crippen molar-refractivity contribution in [1.82, 2.24) is 5.32 Å². The number of rotatable bonds is 8. The highest BCUT2D eigenvalue weighted by Gasteiger charge is 2.12. The molecule has 0 heterocycles. The van der Waals surface area contributed by atoms with E-state index in [1.807, 2.05) is 0 Å². The van der Waals surface area contributed by atoms with Gasteiger partial charge in [0.1, 0.15) is 0 Å². The first-order valence-electron chi connectivity index (χ1n) is 6.97. The molecule has 2 atom stereocenters. The van der Waals surface area contributed by atoms with Crippen molar-refractivity contribution in [3.05, 3.63) is 35.4 Å². The lowest BCUT2D eigenvalue weighted by atomic mass is 10.00. The fraction of sp³-hybridized carbons (Fsp3) is 0.625. The van der Waals surface area contributed by atoms with Crippen LogP contribution < -0.4 is 5.32 Å². The topological polar surface area (TPSA) is 21.3 Å². The Bertz CT molecular complexity index is 320. The lowest BCUT2D eigenvalue weighted by molar-refractivity contribution is 0.100. The Morgan fingerprint density at radius 2 is 1.89 bits per heavy atom. The molecule has 18 heavy (non-hydrogen) atoms. The first-order valence-corrected chi connectivity index (χ1v) is 6.97. The van der Waals surface area contributed by atoms with Crippen molar-refractivity contribution >= 4 is 0 Å². The summed E-state index contributed by atoms with van der Waals surface area (Å²) in [6.45, 7) is 7.54. The van der Waals surface area contributed by atoms with E-state index >= 15 is 0 Å². The smallest absolute Gasteiger partial charge is 0.0558 e.